The number of rotatable bonds is 7. The highest BCUT2D eigenvalue weighted by atomic mass is 16.4. The van der Waals surface area contributed by atoms with Crippen LogP contribution in [0, 0.1) is 0 Å². The molecule has 2 N–H and O–H groups in total. The van der Waals surface area contributed by atoms with Crippen molar-refractivity contribution in [3.8, 4) is 5.75 Å². The molecule has 0 saturated heterocycles. The molecule has 0 unspecified atom stereocenters. The first-order valence-corrected chi connectivity index (χ1v) is 11.0. The molecule has 32 heavy (non-hydrogen) atoms. The van der Waals surface area contributed by atoms with Crippen molar-refractivity contribution in [3.63, 3.8) is 0 Å². The SMILES string of the molecule is O=C(O)c1ccccc1C(=O)c1ccc(N(Cc2ccccc2)C2CCCCC2)cc1O. The second kappa shape index (κ2) is 9.69. The maximum Gasteiger partial charge on any atom is 0.336 e. The Bertz CT molecular complexity index is 1100. The van der Waals surface area contributed by atoms with Crippen molar-refractivity contribution in [1.82, 2.24) is 0 Å². The lowest BCUT2D eigenvalue weighted by Crippen LogP contribution is -2.36. The van der Waals surface area contributed by atoms with Crippen LogP contribution in [0.3, 0.4) is 0 Å². The minimum Gasteiger partial charge on any atom is -0.507 e. The number of carbonyl (C=O) groups is 2. The molecule has 0 spiro atoms. The van der Waals surface area contributed by atoms with E-state index in [2.05, 4.69) is 17.0 Å². The summed E-state index contributed by atoms with van der Waals surface area (Å²) >= 11 is 0. The van der Waals surface area contributed by atoms with Crippen molar-refractivity contribution in [2.45, 2.75) is 44.7 Å². The van der Waals surface area contributed by atoms with E-state index in [9.17, 15) is 19.8 Å². The van der Waals surface area contributed by atoms with Crippen LogP contribution in [-0.2, 0) is 6.54 Å². The lowest BCUT2D eigenvalue weighted by Gasteiger charge is -2.36. The summed E-state index contributed by atoms with van der Waals surface area (Å²) < 4.78 is 0. The van der Waals surface area contributed by atoms with Crippen LogP contribution in [0.2, 0.25) is 0 Å². The third-order valence-corrected chi connectivity index (χ3v) is 6.17. The fourth-order valence-corrected chi connectivity index (χ4v) is 4.51. The zero-order chi connectivity index (χ0) is 22.5. The molecule has 5 heteroatoms. The van der Waals surface area contributed by atoms with Gasteiger partial charge in [-0.15, -0.1) is 0 Å². The number of aromatic carboxylic acids is 1. The van der Waals surface area contributed by atoms with Gasteiger partial charge in [-0.25, -0.2) is 4.79 Å². The van der Waals surface area contributed by atoms with E-state index in [4.69, 9.17) is 0 Å². The van der Waals surface area contributed by atoms with Gasteiger partial charge in [0.25, 0.3) is 0 Å². The van der Waals surface area contributed by atoms with Crippen LogP contribution in [-0.4, -0.2) is 28.0 Å². The molecule has 1 fully saturated rings. The van der Waals surface area contributed by atoms with Gasteiger partial charge >= 0.3 is 5.97 Å². The molecular weight excluding hydrogens is 402 g/mol. The van der Waals surface area contributed by atoms with Gasteiger partial charge in [-0.05, 0) is 36.6 Å². The summed E-state index contributed by atoms with van der Waals surface area (Å²) in [5.74, 6) is -1.81. The predicted molar refractivity (Wildman–Crippen MR) is 124 cm³/mol. The summed E-state index contributed by atoms with van der Waals surface area (Å²) in [6.07, 6.45) is 5.81. The van der Waals surface area contributed by atoms with E-state index >= 15 is 0 Å². The molecule has 0 aromatic heterocycles. The van der Waals surface area contributed by atoms with Crippen molar-refractivity contribution < 1.29 is 19.8 Å². The summed E-state index contributed by atoms with van der Waals surface area (Å²) in [5, 5.41) is 20.2. The molecule has 5 nitrogen and oxygen atoms in total. The number of phenols is 1. The molecule has 0 radical (unpaired) electrons. The summed E-state index contributed by atoms with van der Waals surface area (Å²) in [5.41, 5.74) is 2.14. The van der Waals surface area contributed by atoms with Crippen molar-refractivity contribution in [3.05, 3.63) is 95.1 Å². The third kappa shape index (κ3) is 4.67. The molecule has 3 aromatic carbocycles. The highest BCUT2D eigenvalue weighted by Crippen LogP contribution is 2.33. The fourth-order valence-electron chi connectivity index (χ4n) is 4.51. The lowest BCUT2D eigenvalue weighted by molar-refractivity contribution is 0.0692. The normalized spacial score (nSPS) is 14.1. The van der Waals surface area contributed by atoms with E-state index in [1.165, 1.54) is 37.0 Å². The smallest absolute Gasteiger partial charge is 0.336 e. The van der Waals surface area contributed by atoms with Crippen LogP contribution in [0.15, 0.2) is 72.8 Å². The van der Waals surface area contributed by atoms with Crippen LogP contribution < -0.4 is 4.90 Å². The Morgan fingerprint density at radius 2 is 1.47 bits per heavy atom. The molecule has 0 bridgehead atoms. The van der Waals surface area contributed by atoms with Gasteiger partial charge in [0.15, 0.2) is 5.78 Å². The Morgan fingerprint density at radius 1 is 0.812 bits per heavy atom. The molecule has 1 aliphatic rings. The van der Waals surface area contributed by atoms with E-state index in [1.807, 2.05) is 24.3 Å². The number of carboxylic acids is 1. The van der Waals surface area contributed by atoms with Gasteiger partial charge in [0, 0.05) is 29.9 Å². The number of hydrogen-bond donors (Lipinski definition) is 2. The number of aromatic hydroxyl groups is 1. The van der Waals surface area contributed by atoms with Gasteiger partial charge in [0.2, 0.25) is 0 Å². The van der Waals surface area contributed by atoms with E-state index in [0.717, 1.165) is 25.1 Å². The van der Waals surface area contributed by atoms with Crippen LogP contribution >= 0.6 is 0 Å². The molecule has 0 amide bonds. The Kier molecular flexibility index (Phi) is 6.55. The number of anilines is 1. The monoisotopic (exact) mass is 429 g/mol. The Balaban J connectivity index is 1.66. The van der Waals surface area contributed by atoms with Gasteiger partial charge in [-0.2, -0.15) is 0 Å². The molecule has 164 valence electrons. The Labute approximate surface area is 187 Å². The minimum absolute atomic E-state index is 0.0662. The minimum atomic E-state index is -1.17. The summed E-state index contributed by atoms with van der Waals surface area (Å²) in [7, 11) is 0. The number of nitrogens with zero attached hydrogens (tertiary/aromatic N) is 1. The average Bonchev–Trinajstić information content (AvgIpc) is 2.83. The summed E-state index contributed by atoms with van der Waals surface area (Å²) in [4.78, 5) is 26.9. The summed E-state index contributed by atoms with van der Waals surface area (Å²) in [6, 6.07) is 21.8. The van der Waals surface area contributed by atoms with Gasteiger partial charge in [0.05, 0.1) is 11.1 Å². The van der Waals surface area contributed by atoms with Gasteiger partial charge in [0.1, 0.15) is 5.75 Å². The molecule has 0 heterocycles. The second-order valence-electron chi connectivity index (χ2n) is 8.29. The van der Waals surface area contributed by atoms with Crippen molar-refractivity contribution in [2.75, 3.05) is 4.90 Å². The van der Waals surface area contributed by atoms with Crippen LogP contribution in [0.25, 0.3) is 0 Å². The summed E-state index contributed by atoms with van der Waals surface area (Å²) in [6.45, 7) is 0.722. The number of ketones is 1. The van der Waals surface area contributed by atoms with E-state index in [1.54, 1.807) is 24.3 Å². The van der Waals surface area contributed by atoms with Crippen molar-refractivity contribution in [1.29, 1.82) is 0 Å². The van der Waals surface area contributed by atoms with Crippen molar-refractivity contribution in [2.24, 2.45) is 0 Å². The topological polar surface area (TPSA) is 77.8 Å². The maximum atomic E-state index is 13.0. The van der Waals surface area contributed by atoms with Crippen LogP contribution in [0.5, 0.6) is 5.75 Å². The first kappa shape index (κ1) is 21.6. The Hall–Kier alpha value is -3.60. The standard InChI is InChI=1S/C27H27NO4/c29-25-17-21(15-16-24(25)26(30)22-13-7-8-14-23(22)27(31)32)28(20-11-5-2-6-12-20)18-19-9-3-1-4-10-19/h1,3-4,7-10,13-17,20,29H,2,5-6,11-12,18H2,(H,31,32). The molecule has 3 aromatic rings. The zero-order valence-corrected chi connectivity index (χ0v) is 17.9. The number of carbonyl (C=O) groups excluding carboxylic acids is 1. The molecular formula is C27H27NO4. The van der Waals surface area contributed by atoms with E-state index in [-0.39, 0.29) is 22.4 Å². The highest BCUT2D eigenvalue weighted by Gasteiger charge is 2.24. The molecule has 0 atom stereocenters. The van der Waals surface area contributed by atoms with E-state index in [0.29, 0.717) is 6.04 Å². The first-order chi connectivity index (χ1) is 15.5. The largest absolute Gasteiger partial charge is 0.507 e. The number of benzene rings is 3. The quantitative estimate of drug-likeness (QED) is 0.474. The van der Waals surface area contributed by atoms with Crippen LogP contribution in [0.1, 0.15) is 63.9 Å². The first-order valence-electron chi connectivity index (χ1n) is 11.0. The molecule has 0 aliphatic heterocycles. The van der Waals surface area contributed by atoms with Gasteiger partial charge in [-0.3, -0.25) is 4.79 Å². The van der Waals surface area contributed by atoms with Crippen LogP contribution in [0.4, 0.5) is 5.69 Å². The molecule has 4 rings (SSSR count). The lowest BCUT2D eigenvalue weighted by atomic mass is 9.93. The average molecular weight is 430 g/mol. The molecule has 1 aliphatic carbocycles. The maximum absolute atomic E-state index is 13.0. The predicted octanol–water partition coefficient (Wildman–Crippen LogP) is 5.66. The highest BCUT2D eigenvalue weighted by molar-refractivity contribution is 6.15. The zero-order valence-electron chi connectivity index (χ0n) is 17.9. The van der Waals surface area contributed by atoms with E-state index < -0.39 is 11.8 Å². The number of phenolic OH excluding ortho intramolecular Hbond substituents is 1. The number of hydrogen-bond acceptors (Lipinski definition) is 4. The van der Waals surface area contributed by atoms with Crippen molar-refractivity contribution >= 4 is 17.4 Å². The molecule has 1 saturated carbocycles. The Morgan fingerprint density at radius 3 is 2.12 bits per heavy atom. The third-order valence-electron chi connectivity index (χ3n) is 6.17. The second-order valence-corrected chi connectivity index (χ2v) is 8.29. The number of carboxylic acid groups (broad SMARTS) is 1. The van der Waals surface area contributed by atoms with Gasteiger partial charge in [-0.1, -0.05) is 67.8 Å². The van der Waals surface area contributed by atoms with Gasteiger partial charge < -0.3 is 15.1 Å². The fraction of sp³-hybridized carbons (Fsp3) is 0.259.